The molecule has 0 saturated carbocycles. The topological polar surface area (TPSA) is 92.0 Å². The van der Waals surface area contributed by atoms with E-state index in [4.69, 9.17) is 19.1 Å². The molecule has 1 amide bonds. The van der Waals surface area contributed by atoms with E-state index in [1.807, 2.05) is 13.0 Å². The molecule has 1 unspecified atom stereocenters. The summed E-state index contributed by atoms with van der Waals surface area (Å²) in [5.74, 6) is -2.76. The number of hydrogen-bond donors (Lipinski definition) is 2. The van der Waals surface area contributed by atoms with E-state index >= 15 is 0 Å². The van der Waals surface area contributed by atoms with Crippen molar-refractivity contribution in [2.45, 2.75) is 44.1 Å². The van der Waals surface area contributed by atoms with Crippen molar-refractivity contribution < 1.29 is 37.0 Å². The monoisotopic (exact) mass is 378 g/mol. The molecule has 2 fully saturated rings. The fraction of sp³-hybridized carbons (Fsp3) is 0.625. The van der Waals surface area contributed by atoms with E-state index in [-0.39, 0.29) is 24.2 Å². The molecule has 1 spiro atoms. The largest absolute Gasteiger partial charge is 0.490 e. The number of rotatable bonds is 2. The highest BCUT2D eigenvalue weighted by Crippen LogP contribution is 2.32. The van der Waals surface area contributed by atoms with Crippen molar-refractivity contribution in [1.29, 1.82) is 0 Å². The van der Waals surface area contributed by atoms with Crippen LogP contribution in [-0.2, 0) is 20.9 Å². The average Bonchev–Trinajstić information content (AvgIpc) is 3.06. The van der Waals surface area contributed by atoms with Crippen molar-refractivity contribution in [3.8, 4) is 0 Å². The number of carboxylic acid groups (broad SMARTS) is 1. The lowest BCUT2D eigenvalue weighted by molar-refractivity contribution is -0.192. The Labute approximate surface area is 148 Å². The van der Waals surface area contributed by atoms with Crippen molar-refractivity contribution in [2.24, 2.45) is 0 Å². The van der Waals surface area contributed by atoms with E-state index in [1.54, 1.807) is 12.5 Å². The highest BCUT2D eigenvalue weighted by atomic mass is 19.4. The highest BCUT2D eigenvalue weighted by molar-refractivity contribution is 5.78. The minimum absolute atomic E-state index is 0.000971. The van der Waals surface area contributed by atoms with Gasteiger partial charge in [-0.2, -0.15) is 13.2 Å². The summed E-state index contributed by atoms with van der Waals surface area (Å²) in [5.41, 5.74) is 1.04. The smallest absolute Gasteiger partial charge is 0.475 e. The average molecular weight is 378 g/mol. The number of carbonyl (C=O) groups is 2. The lowest BCUT2D eigenvalue weighted by atomic mass is 9.83. The summed E-state index contributed by atoms with van der Waals surface area (Å²) < 4.78 is 42.7. The molecule has 0 radical (unpaired) electrons. The molecular weight excluding hydrogens is 357 g/mol. The van der Waals surface area contributed by atoms with Gasteiger partial charge in [0.15, 0.2) is 0 Å². The van der Waals surface area contributed by atoms with E-state index < -0.39 is 12.1 Å². The van der Waals surface area contributed by atoms with Crippen molar-refractivity contribution in [1.82, 2.24) is 10.2 Å². The number of carboxylic acids is 1. The zero-order chi connectivity index (χ0) is 19.4. The van der Waals surface area contributed by atoms with Gasteiger partial charge in [-0.1, -0.05) is 0 Å². The molecule has 1 aromatic heterocycles. The summed E-state index contributed by atoms with van der Waals surface area (Å²) >= 11 is 0. The molecule has 7 nitrogen and oxygen atoms in total. The van der Waals surface area contributed by atoms with Gasteiger partial charge < -0.3 is 19.6 Å². The number of aliphatic carboxylic acids is 1. The van der Waals surface area contributed by atoms with Crippen molar-refractivity contribution in [3.05, 3.63) is 24.2 Å². The van der Waals surface area contributed by atoms with E-state index in [1.165, 1.54) is 5.56 Å². The number of carbonyl (C=O) groups excluding carboxylic acids is 1. The Balaban J connectivity index is 0.000000298. The lowest BCUT2D eigenvalue weighted by Gasteiger charge is -2.47. The Bertz CT molecular complexity index is 610. The number of furan rings is 1. The van der Waals surface area contributed by atoms with Gasteiger partial charge in [0, 0.05) is 25.2 Å². The van der Waals surface area contributed by atoms with Gasteiger partial charge in [-0.15, -0.1) is 0 Å². The molecule has 2 aliphatic heterocycles. The number of ether oxygens (including phenoxy) is 1. The molecular formula is C16H21F3N2O5. The highest BCUT2D eigenvalue weighted by Gasteiger charge is 2.44. The van der Waals surface area contributed by atoms with Gasteiger partial charge in [-0.3, -0.25) is 9.69 Å². The van der Waals surface area contributed by atoms with Gasteiger partial charge in [0.1, 0.15) is 6.61 Å². The summed E-state index contributed by atoms with van der Waals surface area (Å²) in [6.45, 7) is 5.15. The van der Waals surface area contributed by atoms with Crippen LogP contribution < -0.4 is 5.32 Å². The number of nitrogens with zero attached hydrogens (tertiary/aromatic N) is 1. The predicted molar refractivity (Wildman–Crippen MR) is 83.2 cm³/mol. The van der Waals surface area contributed by atoms with Gasteiger partial charge in [-0.25, -0.2) is 4.79 Å². The van der Waals surface area contributed by atoms with Crippen molar-refractivity contribution in [3.63, 3.8) is 0 Å². The van der Waals surface area contributed by atoms with Crippen molar-refractivity contribution in [2.75, 3.05) is 19.7 Å². The van der Waals surface area contributed by atoms with E-state index in [9.17, 15) is 18.0 Å². The molecule has 0 aromatic carbocycles. The molecule has 0 aliphatic carbocycles. The minimum Gasteiger partial charge on any atom is -0.475 e. The molecule has 1 aromatic rings. The van der Waals surface area contributed by atoms with Crippen molar-refractivity contribution >= 4 is 11.9 Å². The van der Waals surface area contributed by atoms with Gasteiger partial charge in [0.05, 0.1) is 24.2 Å². The second kappa shape index (κ2) is 8.09. The number of hydrogen-bond acceptors (Lipinski definition) is 5. The summed E-state index contributed by atoms with van der Waals surface area (Å²) in [4.78, 5) is 22.6. The van der Waals surface area contributed by atoms with E-state index in [0.29, 0.717) is 0 Å². The number of nitrogens with one attached hydrogen (secondary N) is 1. The Morgan fingerprint density at radius 1 is 1.42 bits per heavy atom. The number of likely N-dealkylation sites (tertiary alicyclic amines) is 1. The Hall–Kier alpha value is -2.07. The quantitative estimate of drug-likeness (QED) is 0.815. The van der Waals surface area contributed by atoms with Crippen LogP contribution in [0.2, 0.25) is 0 Å². The van der Waals surface area contributed by atoms with E-state index in [2.05, 4.69) is 10.2 Å². The second-order valence-electron chi connectivity index (χ2n) is 6.35. The fourth-order valence-corrected chi connectivity index (χ4v) is 3.06. The molecule has 2 aliphatic rings. The summed E-state index contributed by atoms with van der Waals surface area (Å²) in [5, 5.41) is 10.1. The maximum absolute atomic E-state index is 11.3. The van der Waals surface area contributed by atoms with Crippen LogP contribution in [0.15, 0.2) is 23.0 Å². The first-order valence-electron chi connectivity index (χ1n) is 8.09. The van der Waals surface area contributed by atoms with Crippen LogP contribution in [0.1, 0.15) is 25.3 Å². The van der Waals surface area contributed by atoms with Gasteiger partial charge >= 0.3 is 12.1 Å². The third-order valence-corrected chi connectivity index (χ3v) is 4.59. The van der Waals surface area contributed by atoms with Crippen LogP contribution in [0.25, 0.3) is 0 Å². The molecule has 10 heteroatoms. The fourth-order valence-electron chi connectivity index (χ4n) is 3.06. The standard InChI is InChI=1S/C14H20N2O3.C2HF3O2/c1-11-14(19-10-13(17)15-11)3-5-16(6-4-14)8-12-2-7-18-9-12;3-2(4,5)1(6)7/h2,7,9,11H,3-6,8,10H2,1H3,(H,15,17);(H,6,7). The molecule has 3 heterocycles. The molecule has 0 bridgehead atoms. The maximum Gasteiger partial charge on any atom is 0.490 e. The third kappa shape index (κ3) is 5.21. The lowest BCUT2D eigenvalue weighted by Crippen LogP contribution is -2.62. The first kappa shape index (κ1) is 20.2. The van der Waals surface area contributed by atoms with Crippen LogP contribution in [-0.4, -0.2) is 59.4 Å². The molecule has 2 N–H and O–H groups in total. The van der Waals surface area contributed by atoms with Gasteiger partial charge in [0.2, 0.25) is 5.91 Å². The molecule has 2 saturated heterocycles. The molecule has 3 rings (SSSR count). The zero-order valence-electron chi connectivity index (χ0n) is 14.2. The third-order valence-electron chi connectivity index (χ3n) is 4.59. The summed E-state index contributed by atoms with van der Waals surface area (Å²) in [6, 6.07) is 2.11. The van der Waals surface area contributed by atoms with Crippen LogP contribution in [0.3, 0.4) is 0 Å². The summed E-state index contributed by atoms with van der Waals surface area (Å²) in [7, 11) is 0. The normalized spacial score (nSPS) is 23.1. The number of amides is 1. The number of halogens is 3. The number of piperidine rings is 1. The van der Waals surface area contributed by atoms with Crippen LogP contribution in [0.4, 0.5) is 13.2 Å². The maximum atomic E-state index is 11.3. The predicted octanol–water partition coefficient (Wildman–Crippen LogP) is 1.78. The first-order chi connectivity index (χ1) is 12.1. The van der Waals surface area contributed by atoms with Crippen LogP contribution in [0.5, 0.6) is 0 Å². The number of morpholine rings is 1. The minimum atomic E-state index is -5.08. The van der Waals surface area contributed by atoms with Gasteiger partial charge in [0.25, 0.3) is 0 Å². The first-order valence-corrected chi connectivity index (χ1v) is 8.09. The van der Waals surface area contributed by atoms with Crippen LogP contribution >= 0.6 is 0 Å². The number of alkyl halides is 3. The molecule has 1 atom stereocenters. The molecule has 146 valence electrons. The summed E-state index contributed by atoms with van der Waals surface area (Å²) in [6.07, 6.45) is 0.353. The zero-order valence-corrected chi connectivity index (χ0v) is 14.2. The second-order valence-corrected chi connectivity index (χ2v) is 6.35. The van der Waals surface area contributed by atoms with Crippen LogP contribution in [0, 0.1) is 0 Å². The molecule has 26 heavy (non-hydrogen) atoms. The Morgan fingerprint density at radius 2 is 2.04 bits per heavy atom. The van der Waals surface area contributed by atoms with E-state index in [0.717, 1.165) is 32.5 Å². The Morgan fingerprint density at radius 3 is 2.50 bits per heavy atom. The van der Waals surface area contributed by atoms with Gasteiger partial charge in [-0.05, 0) is 25.8 Å². The Kier molecular flexibility index (Phi) is 6.30. The SMILES string of the molecule is CC1NC(=O)COC12CCN(Cc1ccoc1)CC2.O=C(O)C(F)(F)F.